The summed E-state index contributed by atoms with van der Waals surface area (Å²) in [4.78, 5) is 23.2. The van der Waals surface area contributed by atoms with E-state index in [-0.39, 0.29) is 11.5 Å². The van der Waals surface area contributed by atoms with Crippen molar-refractivity contribution in [3.63, 3.8) is 0 Å². The van der Waals surface area contributed by atoms with Crippen molar-refractivity contribution in [2.75, 3.05) is 12.4 Å². The topological polar surface area (TPSA) is 55.4 Å². The summed E-state index contributed by atoms with van der Waals surface area (Å²) in [5.74, 6) is -0.623. The molecule has 1 N–H and O–H groups in total. The molecule has 0 saturated carbocycles. The van der Waals surface area contributed by atoms with E-state index in [1.807, 2.05) is 13.8 Å². The van der Waals surface area contributed by atoms with Gasteiger partial charge in [-0.1, -0.05) is 11.6 Å². The van der Waals surface area contributed by atoms with Crippen molar-refractivity contribution in [1.82, 2.24) is 0 Å². The normalized spacial score (nSPS) is 16.4. The smallest absolute Gasteiger partial charge is 0.339 e. The molecule has 0 spiro atoms. The molecule has 0 aliphatic carbocycles. The summed E-state index contributed by atoms with van der Waals surface area (Å²) in [6.45, 7) is 3.62. The van der Waals surface area contributed by atoms with Gasteiger partial charge in [-0.25, -0.2) is 4.79 Å². The van der Waals surface area contributed by atoms with Crippen LogP contribution in [0.15, 0.2) is 12.1 Å². The number of ether oxygens (including phenoxy) is 1. The number of anilines is 1. The summed E-state index contributed by atoms with van der Waals surface area (Å²) in [6, 6.07) is 3.19. The quantitative estimate of drug-likeness (QED) is 0.782. The maximum atomic E-state index is 11.7. The minimum Gasteiger partial charge on any atom is -0.465 e. The number of nitrogens with one attached hydrogen (secondary N) is 1. The number of benzene rings is 1. The third-order valence-corrected chi connectivity index (χ3v) is 3.31. The average Bonchev–Trinajstić information content (AvgIpc) is 2.49. The SMILES string of the molecule is COC(=O)c1cc2c(cc1Cl)C(C)(C)C(=O)N2. The minimum absolute atomic E-state index is 0.106. The number of halogens is 1. The number of carbonyl (C=O) groups excluding carboxylic acids is 2. The van der Waals surface area contributed by atoms with Crippen molar-refractivity contribution >= 4 is 29.2 Å². The zero-order valence-electron chi connectivity index (χ0n) is 9.76. The van der Waals surface area contributed by atoms with Gasteiger partial charge in [-0.05, 0) is 31.5 Å². The summed E-state index contributed by atoms with van der Waals surface area (Å²) in [6.07, 6.45) is 0. The van der Waals surface area contributed by atoms with Crippen LogP contribution in [0.4, 0.5) is 5.69 Å². The first-order valence-electron chi connectivity index (χ1n) is 5.11. The summed E-state index contributed by atoms with van der Waals surface area (Å²) in [5.41, 5.74) is 1.03. The molecule has 1 aromatic carbocycles. The molecule has 0 fully saturated rings. The maximum absolute atomic E-state index is 11.7. The van der Waals surface area contributed by atoms with E-state index in [2.05, 4.69) is 10.1 Å². The van der Waals surface area contributed by atoms with E-state index in [0.717, 1.165) is 5.56 Å². The molecular weight excluding hydrogens is 242 g/mol. The van der Waals surface area contributed by atoms with Gasteiger partial charge in [-0.3, -0.25) is 4.79 Å². The molecule has 1 aromatic rings. The average molecular weight is 254 g/mol. The lowest BCUT2D eigenvalue weighted by atomic mass is 9.86. The monoisotopic (exact) mass is 253 g/mol. The van der Waals surface area contributed by atoms with Crippen molar-refractivity contribution in [3.8, 4) is 0 Å². The van der Waals surface area contributed by atoms with Crippen LogP contribution >= 0.6 is 11.6 Å². The van der Waals surface area contributed by atoms with E-state index in [0.29, 0.717) is 10.7 Å². The Morgan fingerprint density at radius 2 is 2.06 bits per heavy atom. The van der Waals surface area contributed by atoms with Gasteiger partial charge in [-0.2, -0.15) is 0 Å². The number of rotatable bonds is 1. The molecule has 1 amide bonds. The predicted octanol–water partition coefficient (Wildman–Crippen LogP) is 2.36. The predicted molar refractivity (Wildman–Crippen MR) is 64.4 cm³/mol. The first-order chi connectivity index (χ1) is 7.87. The standard InChI is InChI=1S/C12H12ClNO3/c1-12(2)7-5-8(13)6(10(15)17-3)4-9(7)14-11(12)16/h4-5H,1-3H3,(H,14,16). The highest BCUT2D eigenvalue weighted by molar-refractivity contribution is 6.34. The van der Waals surface area contributed by atoms with Crippen molar-refractivity contribution < 1.29 is 14.3 Å². The lowest BCUT2D eigenvalue weighted by Crippen LogP contribution is -2.26. The zero-order valence-corrected chi connectivity index (χ0v) is 10.5. The van der Waals surface area contributed by atoms with Crippen LogP contribution in [0.5, 0.6) is 0 Å². The lowest BCUT2D eigenvalue weighted by molar-refractivity contribution is -0.119. The van der Waals surface area contributed by atoms with Crippen molar-refractivity contribution in [2.45, 2.75) is 19.3 Å². The van der Waals surface area contributed by atoms with Crippen LogP contribution in [0.2, 0.25) is 5.02 Å². The van der Waals surface area contributed by atoms with E-state index in [4.69, 9.17) is 11.6 Å². The highest BCUT2D eigenvalue weighted by atomic mass is 35.5. The summed E-state index contributed by atoms with van der Waals surface area (Å²) < 4.78 is 4.62. The van der Waals surface area contributed by atoms with Crippen LogP contribution in [0.1, 0.15) is 29.8 Å². The maximum Gasteiger partial charge on any atom is 0.339 e. The molecule has 5 heteroatoms. The van der Waals surface area contributed by atoms with Gasteiger partial charge in [0.2, 0.25) is 5.91 Å². The molecule has 0 aromatic heterocycles. The fourth-order valence-electron chi connectivity index (χ4n) is 1.86. The van der Waals surface area contributed by atoms with Gasteiger partial charge in [-0.15, -0.1) is 0 Å². The van der Waals surface area contributed by atoms with Crippen LogP contribution in [-0.2, 0) is 14.9 Å². The van der Waals surface area contributed by atoms with Gasteiger partial charge in [0.1, 0.15) is 0 Å². The van der Waals surface area contributed by atoms with Crippen LogP contribution in [-0.4, -0.2) is 19.0 Å². The summed E-state index contributed by atoms with van der Waals surface area (Å²) in [7, 11) is 1.29. The molecule has 1 heterocycles. The van der Waals surface area contributed by atoms with Crippen LogP contribution in [0, 0.1) is 0 Å². The molecule has 0 radical (unpaired) electrons. The lowest BCUT2D eigenvalue weighted by Gasteiger charge is -2.15. The van der Waals surface area contributed by atoms with Crippen LogP contribution in [0.25, 0.3) is 0 Å². The van der Waals surface area contributed by atoms with E-state index in [1.54, 1.807) is 12.1 Å². The number of amides is 1. The second kappa shape index (κ2) is 3.74. The molecule has 17 heavy (non-hydrogen) atoms. The van der Waals surface area contributed by atoms with Gasteiger partial charge in [0.25, 0.3) is 0 Å². The molecule has 0 unspecified atom stereocenters. The van der Waals surface area contributed by atoms with Gasteiger partial charge in [0, 0.05) is 5.69 Å². The molecule has 2 rings (SSSR count). The van der Waals surface area contributed by atoms with Crippen LogP contribution in [0.3, 0.4) is 0 Å². The molecule has 1 aliphatic heterocycles. The van der Waals surface area contributed by atoms with Gasteiger partial charge >= 0.3 is 5.97 Å². The largest absolute Gasteiger partial charge is 0.465 e. The highest BCUT2D eigenvalue weighted by Gasteiger charge is 2.39. The second-order valence-corrected chi connectivity index (χ2v) is 4.86. The van der Waals surface area contributed by atoms with E-state index < -0.39 is 11.4 Å². The Labute approximate surface area is 104 Å². The third-order valence-electron chi connectivity index (χ3n) is 3.00. The van der Waals surface area contributed by atoms with Gasteiger partial charge < -0.3 is 10.1 Å². The fourth-order valence-corrected chi connectivity index (χ4v) is 2.10. The Bertz CT molecular complexity index is 523. The first kappa shape index (κ1) is 11.9. The first-order valence-corrected chi connectivity index (χ1v) is 5.49. The zero-order chi connectivity index (χ0) is 12.8. The number of fused-ring (bicyclic) bond motifs is 1. The number of hydrogen-bond acceptors (Lipinski definition) is 3. The number of methoxy groups -OCH3 is 1. The summed E-state index contributed by atoms with van der Waals surface area (Å²) in [5, 5.41) is 3.02. The number of esters is 1. The van der Waals surface area contributed by atoms with E-state index in [9.17, 15) is 9.59 Å². The number of hydrogen-bond donors (Lipinski definition) is 1. The minimum atomic E-state index is -0.631. The van der Waals surface area contributed by atoms with Gasteiger partial charge in [0.15, 0.2) is 0 Å². The molecule has 0 atom stereocenters. The Balaban J connectivity index is 2.59. The summed E-state index contributed by atoms with van der Waals surface area (Å²) >= 11 is 6.02. The van der Waals surface area contributed by atoms with E-state index in [1.165, 1.54) is 7.11 Å². The molecule has 90 valence electrons. The molecule has 0 saturated heterocycles. The van der Waals surface area contributed by atoms with E-state index >= 15 is 0 Å². The molecule has 1 aliphatic rings. The third kappa shape index (κ3) is 1.69. The molecule has 4 nitrogen and oxygen atoms in total. The molecular formula is C12H12ClNO3. The second-order valence-electron chi connectivity index (χ2n) is 4.45. The Morgan fingerprint density at radius 1 is 1.41 bits per heavy atom. The van der Waals surface area contributed by atoms with Crippen LogP contribution < -0.4 is 5.32 Å². The fraction of sp³-hybridized carbons (Fsp3) is 0.333. The van der Waals surface area contributed by atoms with Crippen molar-refractivity contribution in [3.05, 3.63) is 28.3 Å². The molecule has 0 bridgehead atoms. The Hall–Kier alpha value is -1.55. The van der Waals surface area contributed by atoms with Crippen molar-refractivity contribution in [1.29, 1.82) is 0 Å². The Morgan fingerprint density at radius 3 is 2.65 bits per heavy atom. The van der Waals surface area contributed by atoms with Gasteiger partial charge in [0.05, 0.1) is 23.1 Å². The number of carbonyl (C=O) groups is 2. The highest BCUT2D eigenvalue weighted by Crippen LogP contribution is 2.40. The van der Waals surface area contributed by atoms with Crippen molar-refractivity contribution in [2.24, 2.45) is 0 Å². The Kier molecular flexibility index (Phi) is 2.62.